The van der Waals surface area contributed by atoms with E-state index in [1.165, 1.54) is 0 Å². The first kappa shape index (κ1) is 27.3. The predicted molar refractivity (Wildman–Crippen MR) is 116 cm³/mol. The van der Waals surface area contributed by atoms with Crippen molar-refractivity contribution in [2.75, 3.05) is 13.2 Å². The van der Waals surface area contributed by atoms with Crippen molar-refractivity contribution < 1.29 is 41.8 Å². The van der Waals surface area contributed by atoms with Crippen molar-refractivity contribution in [2.45, 2.75) is 31.3 Å². The molecule has 0 aliphatic carbocycles. The molecule has 2 rings (SSSR count). The van der Waals surface area contributed by atoms with Gasteiger partial charge in [-0.15, -0.1) is 0 Å². The van der Waals surface area contributed by atoms with E-state index in [2.05, 4.69) is 15.4 Å². The molecule has 2 aromatic rings. The second-order valence-corrected chi connectivity index (χ2v) is 7.26. The van der Waals surface area contributed by atoms with Gasteiger partial charge in [0.05, 0.1) is 6.54 Å². The predicted octanol–water partition coefficient (Wildman–Crippen LogP) is 1.01. The first-order chi connectivity index (χ1) is 16.6. The average Bonchev–Trinajstić information content (AvgIpc) is 2.84. The monoisotopic (exact) mass is 495 g/mol. The van der Waals surface area contributed by atoms with E-state index in [9.17, 15) is 32.3 Å². The van der Waals surface area contributed by atoms with E-state index in [1.807, 2.05) is 0 Å². The minimum atomic E-state index is -5.30. The van der Waals surface area contributed by atoms with Crippen molar-refractivity contribution in [2.24, 2.45) is 5.73 Å². The highest BCUT2D eigenvalue weighted by atomic mass is 19.4. The Morgan fingerprint density at radius 3 is 1.94 bits per heavy atom. The summed E-state index contributed by atoms with van der Waals surface area (Å²) in [5.74, 6) is -5.26. The molecule has 0 aliphatic heterocycles. The minimum Gasteiger partial charge on any atom is -0.459 e. The Hall–Kier alpha value is -3.93. The Labute approximate surface area is 198 Å². The molecule has 188 valence electrons. The molecule has 0 saturated carbocycles. The lowest BCUT2D eigenvalue weighted by Crippen LogP contribution is -2.55. The van der Waals surface area contributed by atoms with Crippen molar-refractivity contribution in [3.8, 4) is 0 Å². The van der Waals surface area contributed by atoms with E-state index in [0.717, 1.165) is 0 Å². The maximum Gasteiger partial charge on any atom is 0.490 e. The number of ether oxygens (including phenoxy) is 2. The van der Waals surface area contributed by atoms with Gasteiger partial charge in [0.1, 0.15) is 19.3 Å². The third-order valence-electron chi connectivity index (χ3n) is 4.56. The molecule has 0 spiro atoms. The summed E-state index contributed by atoms with van der Waals surface area (Å²) in [6.07, 6.45) is -5.31. The summed E-state index contributed by atoms with van der Waals surface area (Å²) in [6, 6.07) is 13.9. The number of amides is 2. The van der Waals surface area contributed by atoms with E-state index >= 15 is 0 Å². The van der Waals surface area contributed by atoms with Crippen LogP contribution in [0.15, 0.2) is 60.7 Å². The molecule has 35 heavy (non-hydrogen) atoms. The number of hydrogen-bond donors (Lipinski definition) is 3. The number of alkyl halides is 3. The molecule has 2 aromatic carbocycles. The van der Waals surface area contributed by atoms with Gasteiger partial charge in [-0.2, -0.15) is 13.2 Å². The van der Waals surface area contributed by atoms with Crippen LogP contribution in [0.3, 0.4) is 0 Å². The zero-order valence-corrected chi connectivity index (χ0v) is 18.4. The summed E-state index contributed by atoms with van der Waals surface area (Å²) in [5, 5.41) is 4.59. The molecule has 2 amide bonds. The second-order valence-electron chi connectivity index (χ2n) is 7.26. The maximum atomic E-state index is 12.9. The van der Waals surface area contributed by atoms with Gasteiger partial charge in [-0.3, -0.25) is 9.59 Å². The Morgan fingerprint density at radius 1 is 0.829 bits per heavy atom. The van der Waals surface area contributed by atoms with Crippen LogP contribution < -0.4 is 16.4 Å². The van der Waals surface area contributed by atoms with Crippen LogP contribution in [0.4, 0.5) is 13.2 Å². The summed E-state index contributed by atoms with van der Waals surface area (Å²) < 4.78 is 46.9. The van der Waals surface area contributed by atoms with Gasteiger partial charge in [0, 0.05) is 6.42 Å². The number of nitrogens with two attached hydrogens (primary N) is 1. The normalized spacial score (nSPS) is 12.7. The third kappa shape index (κ3) is 9.45. The van der Waals surface area contributed by atoms with Crippen LogP contribution in [0.25, 0.3) is 0 Å². The smallest absolute Gasteiger partial charge is 0.459 e. The number of rotatable bonds is 11. The van der Waals surface area contributed by atoms with E-state index in [1.54, 1.807) is 60.7 Å². The average molecular weight is 495 g/mol. The van der Waals surface area contributed by atoms with Crippen molar-refractivity contribution in [1.29, 1.82) is 0 Å². The summed E-state index contributed by atoms with van der Waals surface area (Å²) >= 11 is 0. The lowest BCUT2D eigenvalue weighted by atomic mass is 10.0. The number of nitrogens with one attached hydrogen (secondary N) is 2. The van der Waals surface area contributed by atoms with E-state index in [-0.39, 0.29) is 13.0 Å². The number of carbonyl (C=O) groups is 4. The topological polar surface area (TPSA) is 137 Å². The van der Waals surface area contributed by atoms with Crippen LogP contribution in [0.1, 0.15) is 11.1 Å². The number of esters is 2. The Bertz CT molecular complexity index is 1000. The molecule has 0 radical (unpaired) electrons. The molecule has 0 bridgehead atoms. The lowest BCUT2D eigenvalue weighted by Gasteiger charge is -2.23. The van der Waals surface area contributed by atoms with Crippen molar-refractivity contribution in [3.05, 3.63) is 71.8 Å². The lowest BCUT2D eigenvalue weighted by molar-refractivity contribution is -0.200. The zero-order valence-electron chi connectivity index (χ0n) is 18.4. The minimum absolute atomic E-state index is 0.00741. The molecule has 0 aliphatic rings. The van der Waals surface area contributed by atoms with Crippen LogP contribution in [0.2, 0.25) is 0 Å². The molecule has 0 saturated heterocycles. The molecular formula is C23H24F3N3O6. The summed E-state index contributed by atoms with van der Waals surface area (Å²) in [4.78, 5) is 48.4. The van der Waals surface area contributed by atoms with Crippen LogP contribution in [0.5, 0.6) is 0 Å². The molecule has 12 heteroatoms. The van der Waals surface area contributed by atoms with Gasteiger partial charge >= 0.3 is 18.1 Å². The van der Waals surface area contributed by atoms with Gasteiger partial charge in [-0.1, -0.05) is 60.7 Å². The van der Waals surface area contributed by atoms with E-state index in [4.69, 9.17) is 10.5 Å². The highest BCUT2D eigenvalue weighted by Gasteiger charge is 2.42. The van der Waals surface area contributed by atoms with Gasteiger partial charge in [-0.25, -0.2) is 9.59 Å². The zero-order chi connectivity index (χ0) is 25.8. The van der Waals surface area contributed by atoms with Crippen molar-refractivity contribution in [1.82, 2.24) is 10.6 Å². The number of hydrogen-bond acceptors (Lipinski definition) is 7. The Kier molecular flexibility index (Phi) is 10.2. The third-order valence-corrected chi connectivity index (χ3v) is 4.56. The van der Waals surface area contributed by atoms with Gasteiger partial charge < -0.3 is 25.8 Å². The van der Waals surface area contributed by atoms with Gasteiger partial charge in [0.25, 0.3) is 0 Å². The van der Waals surface area contributed by atoms with Crippen LogP contribution in [0, 0.1) is 0 Å². The largest absolute Gasteiger partial charge is 0.490 e. The molecule has 0 heterocycles. The summed E-state index contributed by atoms with van der Waals surface area (Å²) in [5.41, 5.74) is 6.53. The first-order valence-electron chi connectivity index (χ1n) is 10.4. The summed E-state index contributed by atoms with van der Waals surface area (Å²) in [7, 11) is 0. The molecule has 0 aromatic heterocycles. The molecular weight excluding hydrogens is 471 g/mol. The first-order valence-corrected chi connectivity index (χ1v) is 10.4. The Morgan fingerprint density at radius 2 is 1.40 bits per heavy atom. The second kappa shape index (κ2) is 13.1. The molecule has 4 N–H and O–H groups in total. The standard InChI is InChI=1S/C23H24F3N3O6/c24-23(25,26)22(33)35-14-18(21(32)34-13-16-9-5-2-6-10-16)29-20(31)17(28-19(30)12-27)11-15-7-3-1-4-8-15/h1-10,17-18H,11-14,27H2,(H,28,30)(H,29,31)/t17-,18-/m0/s1. The summed E-state index contributed by atoms with van der Waals surface area (Å²) in [6.45, 7) is -1.80. The SMILES string of the molecule is NCC(=O)N[C@@H](Cc1ccccc1)C(=O)N[C@@H](COC(=O)C(F)(F)F)C(=O)OCc1ccccc1. The fourth-order valence-electron chi connectivity index (χ4n) is 2.82. The molecule has 2 atom stereocenters. The fraction of sp³-hybridized carbons (Fsp3) is 0.304. The van der Waals surface area contributed by atoms with Gasteiger partial charge in [0.2, 0.25) is 11.8 Å². The fourth-order valence-corrected chi connectivity index (χ4v) is 2.82. The maximum absolute atomic E-state index is 12.9. The number of carbonyl (C=O) groups excluding carboxylic acids is 4. The molecule has 0 unspecified atom stereocenters. The van der Waals surface area contributed by atoms with E-state index < -0.39 is 55.2 Å². The number of halogens is 3. The number of benzene rings is 2. The Balaban J connectivity index is 2.16. The van der Waals surface area contributed by atoms with Gasteiger partial charge in [-0.05, 0) is 11.1 Å². The van der Waals surface area contributed by atoms with Crippen LogP contribution in [-0.4, -0.2) is 55.2 Å². The van der Waals surface area contributed by atoms with Crippen LogP contribution >= 0.6 is 0 Å². The molecule has 0 fully saturated rings. The quantitative estimate of drug-likeness (QED) is 0.396. The molecule has 9 nitrogen and oxygen atoms in total. The van der Waals surface area contributed by atoms with E-state index in [0.29, 0.717) is 11.1 Å². The van der Waals surface area contributed by atoms with Crippen molar-refractivity contribution >= 4 is 23.8 Å². The van der Waals surface area contributed by atoms with Gasteiger partial charge in [0.15, 0.2) is 6.04 Å². The van der Waals surface area contributed by atoms with Crippen molar-refractivity contribution in [3.63, 3.8) is 0 Å². The van der Waals surface area contributed by atoms with Crippen LogP contribution in [-0.2, 0) is 41.7 Å². The highest BCUT2D eigenvalue weighted by Crippen LogP contribution is 2.16. The highest BCUT2D eigenvalue weighted by molar-refractivity contribution is 5.91.